The van der Waals surface area contributed by atoms with E-state index in [9.17, 15) is 19.7 Å². The fraction of sp³-hybridized carbons (Fsp3) is 0.440. The number of halogens is 1. The first-order valence-electron chi connectivity index (χ1n) is 11.5. The van der Waals surface area contributed by atoms with Crippen molar-refractivity contribution in [3.8, 4) is 0 Å². The van der Waals surface area contributed by atoms with Crippen LogP contribution in [0.15, 0.2) is 53.0 Å². The largest absolute Gasteiger partial charge is 0.352 e. The minimum Gasteiger partial charge on any atom is -0.352 e. The standard InChI is InChI=1S/C25H30BrN3O4S/c1-18(25(31)27-22-8-3-2-4-9-22)28(15-20-6-5-7-21(26)14-20)24(30)17-34-16-19-10-12-23(13-11-19)29(32)33/h5-7,10-14,18,22H,2-4,8-9,15-17H2,1H3,(H,27,31)/t18-/m1/s1. The summed E-state index contributed by atoms with van der Waals surface area (Å²) in [7, 11) is 0. The first-order valence-corrected chi connectivity index (χ1v) is 13.4. The quantitative estimate of drug-likeness (QED) is 0.315. The number of nitro groups is 1. The lowest BCUT2D eigenvalue weighted by molar-refractivity contribution is -0.384. The van der Waals surface area contributed by atoms with Crippen LogP contribution in [0.2, 0.25) is 0 Å². The fourth-order valence-corrected chi connectivity index (χ4v) is 5.35. The third-order valence-corrected chi connectivity index (χ3v) is 7.48. The molecule has 0 aromatic heterocycles. The highest BCUT2D eigenvalue weighted by molar-refractivity contribution is 9.10. The van der Waals surface area contributed by atoms with E-state index in [4.69, 9.17) is 0 Å². The zero-order valence-electron chi connectivity index (χ0n) is 19.2. The van der Waals surface area contributed by atoms with Crippen molar-refractivity contribution in [2.45, 2.75) is 63.4 Å². The van der Waals surface area contributed by atoms with Gasteiger partial charge < -0.3 is 10.2 Å². The number of nitrogens with one attached hydrogen (secondary N) is 1. The lowest BCUT2D eigenvalue weighted by atomic mass is 9.95. The molecule has 0 saturated heterocycles. The molecule has 2 aromatic rings. The van der Waals surface area contributed by atoms with Gasteiger partial charge in [0, 0.05) is 34.9 Å². The number of thioether (sulfide) groups is 1. The molecule has 7 nitrogen and oxygen atoms in total. The van der Waals surface area contributed by atoms with Gasteiger partial charge in [-0.15, -0.1) is 11.8 Å². The first-order chi connectivity index (χ1) is 16.3. The van der Waals surface area contributed by atoms with Gasteiger partial charge in [-0.05, 0) is 43.0 Å². The summed E-state index contributed by atoms with van der Waals surface area (Å²) in [6, 6.07) is 13.7. The zero-order chi connectivity index (χ0) is 24.5. The van der Waals surface area contributed by atoms with E-state index in [0.29, 0.717) is 12.3 Å². The van der Waals surface area contributed by atoms with Crippen LogP contribution in [0.25, 0.3) is 0 Å². The van der Waals surface area contributed by atoms with Gasteiger partial charge in [0.1, 0.15) is 6.04 Å². The van der Waals surface area contributed by atoms with Gasteiger partial charge in [-0.3, -0.25) is 19.7 Å². The third-order valence-electron chi connectivity index (χ3n) is 6.00. The number of carbonyl (C=O) groups is 2. The van der Waals surface area contributed by atoms with Crippen LogP contribution in [-0.2, 0) is 21.9 Å². The Morgan fingerprint density at radius 3 is 2.50 bits per heavy atom. The smallest absolute Gasteiger partial charge is 0.269 e. The minimum atomic E-state index is -0.589. The summed E-state index contributed by atoms with van der Waals surface area (Å²) in [6.45, 7) is 2.13. The highest BCUT2D eigenvalue weighted by atomic mass is 79.9. The van der Waals surface area contributed by atoms with Gasteiger partial charge in [-0.25, -0.2) is 0 Å². The molecule has 3 rings (SSSR count). The van der Waals surface area contributed by atoms with Crippen LogP contribution in [0.5, 0.6) is 0 Å². The van der Waals surface area contributed by atoms with Crippen LogP contribution in [0.1, 0.15) is 50.2 Å². The van der Waals surface area contributed by atoms with Gasteiger partial charge in [-0.1, -0.05) is 59.5 Å². The topological polar surface area (TPSA) is 92.6 Å². The number of rotatable bonds is 10. The van der Waals surface area contributed by atoms with Gasteiger partial charge >= 0.3 is 0 Å². The number of nitro benzene ring substituents is 1. The van der Waals surface area contributed by atoms with Crippen molar-refractivity contribution < 1.29 is 14.5 Å². The first kappa shape index (κ1) is 26.2. The van der Waals surface area contributed by atoms with Gasteiger partial charge in [0.25, 0.3) is 5.69 Å². The summed E-state index contributed by atoms with van der Waals surface area (Å²) >= 11 is 4.91. The number of hydrogen-bond donors (Lipinski definition) is 1. The molecule has 0 bridgehead atoms. The normalized spacial score (nSPS) is 14.9. The molecule has 1 saturated carbocycles. The lowest BCUT2D eigenvalue weighted by Crippen LogP contribution is -2.50. The predicted octanol–water partition coefficient (Wildman–Crippen LogP) is 5.46. The molecule has 1 atom stereocenters. The predicted molar refractivity (Wildman–Crippen MR) is 138 cm³/mol. The molecule has 2 amide bonds. The van der Waals surface area contributed by atoms with Crippen molar-refractivity contribution >= 4 is 45.2 Å². The maximum atomic E-state index is 13.2. The van der Waals surface area contributed by atoms with Gasteiger partial charge in [0.15, 0.2) is 0 Å². The monoisotopic (exact) mass is 547 g/mol. The van der Waals surface area contributed by atoms with Crippen molar-refractivity contribution in [3.05, 3.63) is 74.2 Å². The molecule has 0 unspecified atom stereocenters. The van der Waals surface area contributed by atoms with E-state index in [0.717, 1.165) is 41.3 Å². The van der Waals surface area contributed by atoms with E-state index in [2.05, 4.69) is 21.2 Å². The van der Waals surface area contributed by atoms with Crippen LogP contribution in [0.3, 0.4) is 0 Å². The van der Waals surface area contributed by atoms with Crippen LogP contribution >= 0.6 is 27.7 Å². The Labute approximate surface area is 213 Å². The molecule has 1 fully saturated rings. The second-order valence-electron chi connectivity index (χ2n) is 8.59. The molecule has 0 heterocycles. The molecule has 1 N–H and O–H groups in total. The molecule has 2 aromatic carbocycles. The Kier molecular flexibility index (Phi) is 9.95. The van der Waals surface area contributed by atoms with Crippen molar-refractivity contribution in [2.24, 2.45) is 0 Å². The van der Waals surface area contributed by atoms with Gasteiger partial charge in [-0.2, -0.15) is 0 Å². The van der Waals surface area contributed by atoms with Gasteiger partial charge in [0.05, 0.1) is 10.7 Å². The molecule has 34 heavy (non-hydrogen) atoms. The lowest BCUT2D eigenvalue weighted by Gasteiger charge is -2.31. The van der Waals surface area contributed by atoms with Crippen molar-refractivity contribution in [1.82, 2.24) is 10.2 Å². The molecule has 9 heteroatoms. The third kappa shape index (κ3) is 7.84. The average molecular weight is 549 g/mol. The number of carbonyl (C=O) groups excluding carboxylic acids is 2. The van der Waals surface area contributed by atoms with E-state index in [1.54, 1.807) is 24.0 Å². The highest BCUT2D eigenvalue weighted by Crippen LogP contribution is 2.21. The fourth-order valence-electron chi connectivity index (χ4n) is 4.04. The van der Waals surface area contributed by atoms with E-state index in [-0.39, 0.29) is 29.3 Å². The summed E-state index contributed by atoms with van der Waals surface area (Å²) in [5.41, 5.74) is 1.90. The Bertz CT molecular complexity index is 996. The molecular formula is C25H30BrN3O4S. The Morgan fingerprint density at radius 2 is 1.85 bits per heavy atom. The second kappa shape index (κ2) is 12.9. The SMILES string of the molecule is C[C@H](C(=O)NC1CCCCC1)N(Cc1cccc(Br)c1)C(=O)CSCc1ccc([N+](=O)[O-])cc1. The second-order valence-corrected chi connectivity index (χ2v) is 10.5. The summed E-state index contributed by atoms with van der Waals surface area (Å²) < 4.78 is 0.921. The Morgan fingerprint density at radius 1 is 1.15 bits per heavy atom. The van der Waals surface area contributed by atoms with Crippen LogP contribution in [-0.4, -0.2) is 39.5 Å². The highest BCUT2D eigenvalue weighted by Gasteiger charge is 2.28. The molecule has 182 valence electrons. The molecule has 0 spiro atoms. The van der Waals surface area contributed by atoms with E-state index in [1.807, 2.05) is 24.3 Å². The molecule has 1 aliphatic carbocycles. The van der Waals surface area contributed by atoms with Gasteiger partial charge in [0.2, 0.25) is 11.8 Å². The van der Waals surface area contributed by atoms with E-state index in [1.165, 1.54) is 30.3 Å². The summed E-state index contributed by atoms with van der Waals surface area (Å²) in [6.07, 6.45) is 5.44. The Hall–Kier alpha value is -2.39. The maximum Gasteiger partial charge on any atom is 0.269 e. The maximum absolute atomic E-state index is 13.2. The number of benzene rings is 2. The number of non-ortho nitro benzene ring substituents is 1. The Balaban J connectivity index is 1.64. The molecular weight excluding hydrogens is 518 g/mol. The van der Waals surface area contributed by atoms with Crippen LogP contribution < -0.4 is 5.32 Å². The van der Waals surface area contributed by atoms with E-state index >= 15 is 0 Å². The van der Waals surface area contributed by atoms with Crippen molar-refractivity contribution in [3.63, 3.8) is 0 Å². The number of amides is 2. The average Bonchev–Trinajstić information content (AvgIpc) is 2.83. The molecule has 1 aliphatic rings. The minimum absolute atomic E-state index is 0.0443. The van der Waals surface area contributed by atoms with E-state index < -0.39 is 11.0 Å². The van der Waals surface area contributed by atoms with Crippen LogP contribution in [0, 0.1) is 10.1 Å². The molecule has 0 radical (unpaired) electrons. The summed E-state index contributed by atoms with van der Waals surface area (Å²) in [5.74, 6) is 0.539. The van der Waals surface area contributed by atoms with Crippen molar-refractivity contribution in [1.29, 1.82) is 0 Å². The number of hydrogen-bond acceptors (Lipinski definition) is 5. The van der Waals surface area contributed by atoms with Crippen LogP contribution in [0.4, 0.5) is 5.69 Å². The van der Waals surface area contributed by atoms with Crippen molar-refractivity contribution in [2.75, 3.05) is 5.75 Å². The molecule has 0 aliphatic heterocycles. The number of nitrogens with zero attached hydrogens (tertiary/aromatic N) is 2. The summed E-state index contributed by atoms with van der Waals surface area (Å²) in [4.78, 5) is 38.3. The zero-order valence-corrected chi connectivity index (χ0v) is 21.6. The summed E-state index contributed by atoms with van der Waals surface area (Å²) in [5, 5.41) is 14.0.